The van der Waals surface area contributed by atoms with Crippen molar-refractivity contribution in [1.82, 2.24) is 0 Å². The Hall–Kier alpha value is -6.18. The minimum atomic E-state index is -0.367. The standard InChI is InChI=1S/C53H41N/c1-35(41-25-13-17-36-15-5-7-21-42(36)41)38-29-31-46-47-32-30-40(54(39-19-3-2-4-20-39)52-28-14-18-37-16-6-8-22-43(37)52)34-51(47)53(50(46)33-38)48-26-11-9-23-44(48)45-24-10-12-27-49(45)53/h2-16,19-34,36-37,44,48H,1,17-18H2. The number of hydrogen-bond donors (Lipinski definition) is 0. The average Bonchev–Trinajstić information content (AvgIpc) is 3.70. The Bertz CT molecular complexity index is 2590. The highest BCUT2D eigenvalue weighted by Crippen LogP contribution is 2.66. The van der Waals surface area contributed by atoms with Crippen LogP contribution in [-0.2, 0) is 5.41 Å². The number of fused-ring (bicyclic) bond motifs is 12. The van der Waals surface area contributed by atoms with E-state index in [1.807, 2.05) is 0 Å². The lowest BCUT2D eigenvalue weighted by atomic mass is 9.65. The first kappa shape index (κ1) is 31.4. The molecule has 7 aliphatic rings. The molecule has 7 aliphatic carbocycles. The van der Waals surface area contributed by atoms with Crippen LogP contribution < -0.4 is 4.90 Å². The Morgan fingerprint density at radius 1 is 0.574 bits per heavy atom. The minimum Gasteiger partial charge on any atom is -0.310 e. The van der Waals surface area contributed by atoms with Crippen LogP contribution in [-0.4, -0.2) is 0 Å². The van der Waals surface area contributed by atoms with E-state index in [-0.39, 0.29) is 11.3 Å². The van der Waals surface area contributed by atoms with Crippen molar-refractivity contribution in [3.8, 4) is 11.1 Å². The smallest absolute Gasteiger partial charge is 0.0538 e. The van der Waals surface area contributed by atoms with E-state index in [0.717, 1.165) is 18.4 Å². The van der Waals surface area contributed by atoms with Gasteiger partial charge in [-0.15, -0.1) is 0 Å². The van der Waals surface area contributed by atoms with Gasteiger partial charge in [0.25, 0.3) is 0 Å². The number of rotatable bonds is 5. The highest BCUT2D eigenvalue weighted by atomic mass is 15.1. The molecule has 1 heteroatoms. The van der Waals surface area contributed by atoms with E-state index in [4.69, 9.17) is 6.58 Å². The van der Waals surface area contributed by atoms with Crippen LogP contribution in [0, 0.1) is 17.8 Å². The predicted molar refractivity (Wildman–Crippen MR) is 225 cm³/mol. The van der Waals surface area contributed by atoms with Crippen molar-refractivity contribution in [2.75, 3.05) is 4.90 Å². The third-order valence-electron chi connectivity index (χ3n) is 12.9. The van der Waals surface area contributed by atoms with E-state index in [0.29, 0.717) is 17.8 Å². The second-order valence-electron chi connectivity index (χ2n) is 15.5. The summed E-state index contributed by atoms with van der Waals surface area (Å²) in [5.74, 6) is 1.33. The SMILES string of the molecule is C=C(C1=C2C=CC=CC2CC=C1)c1ccc2c(c1)C1(c3cc(N(C4=C5C=CC=CC5CC=C4)c4ccccc4)ccc3-2)c2ccccc2C2C=CC=CC21. The summed E-state index contributed by atoms with van der Waals surface area (Å²) < 4.78 is 0. The average molecular weight is 692 g/mol. The fourth-order valence-corrected chi connectivity index (χ4v) is 10.6. The van der Waals surface area contributed by atoms with Gasteiger partial charge in [-0.2, -0.15) is 0 Å². The molecule has 0 bridgehead atoms. The molecule has 0 fully saturated rings. The fourth-order valence-electron chi connectivity index (χ4n) is 10.6. The first-order valence-corrected chi connectivity index (χ1v) is 19.5. The molecule has 1 nitrogen and oxygen atoms in total. The van der Waals surface area contributed by atoms with Gasteiger partial charge >= 0.3 is 0 Å². The molecule has 0 heterocycles. The lowest BCUT2D eigenvalue weighted by Gasteiger charge is -2.37. The number of para-hydroxylation sites is 1. The van der Waals surface area contributed by atoms with Crippen LogP contribution in [0.5, 0.6) is 0 Å². The van der Waals surface area contributed by atoms with E-state index in [2.05, 4.69) is 193 Å². The largest absolute Gasteiger partial charge is 0.310 e. The fraction of sp³-hybridized carbons (Fsp3) is 0.132. The minimum absolute atomic E-state index is 0.239. The molecule has 0 N–H and O–H groups in total. The highest BCUT2D eigenvalue weighted by molar-refractivity contribution is 5.91. The van der Waals surface area contributed by atoms with Gasteiger partial charge in [0.15, 0.2) is 0 Å². The van der Waals surface area contributed by atoms with Gasteiger partial charge in [0.05, 0.1) is 5.41 Å². The van der Waals surface area contributed by atoms with Crippen LogP contribution in [0.4, 0.5) is 11.4 Å². The molecule has 0 saturated carbocycles. The molecule has 4 aromatic carbocycles. The molecule has 5 unspecified atom stereocenters. The van der Waals surface area contributed by atoms with Crippen LogP contribution in [0.2, 0.25) is 0 Å². The Morgan fingerprint density at radius 2 is 1.26 bits per heavy atom. The summed E-state index contributed by atoms with van der Waals surface area (Å²) in [6.07, 6.45) is 38.8. The maximum atomic E-state index is 4.79. The van der Waals surface area contributed by atoms with E-state index < -0.39 is 0 Å². The van der Waals surface area contributed by atoms with Gasteiger partial charge in [-0.25, -0.2) is 0 Å². The molecule has 4 aromatic rings. The molecular weight excluding hydrogens is 651 g/mol. The van der Waals surface area contributed by atoms with Gasteiger partial charge < -0.3 is 4.90 Å². The van der Waals surface area contributed by atoms with Crippen molar-refractivity contribution in [2.45, 2.75) is 24.2 Å². The summed E-state index contributed by atoms with van der Waals surface area (Å²) in [5.41, 5.74) is 17.8. The maximum absolute atomic E-state index is 4.79. The third kappa shape index (κ3) is 4.45. The quantitative estimate of drug-likeness (QED) is 0.201. The number of allylic oxidation sites excluding steroid dienone is 20. The lowest BCUT2D eigenvalue weighted by molar-refractivity contribution is 0.465. The van der Waals surface area contributed by atoms with Gasteiger partial charge in [0.1, 0.15) is 0 Å². The molecule has 54 heavy (non-hydrogen) atoms. The summed E-state index contributed by atoms with van der Waals surface area (Å²) >= 11 is 0. The Balaban J connectivity index is 1.15. The molecule has 1 spiro atoms. The van der Waals surface area contributed by atoms with Gasteiger partial charge in [0.2, 0.25) is 0 Å². The van der Waals surface area contributed by atoms with Crippen molar-refractivity contribution < 1.29 is 0 Å². The summed E-state index contributed by atoms with van der Waals surface area (Å²) in [7, 11) is 0. The lowest BCUT2D eigenvalue weighted by Crippen LogP contribution is -2.33. The Morgan fingerprint density at radius 3 is 2.11 bits per heavy atom. The summed E-state index contributed by atoms with van der Waals surface area (Å²) in [6.45, 7) is 4.79. The van der Waals surface area contributed by atoms with E-state index in [1.54, 1.807) is 0 Å². The van der Waals surface area contributed by atoms with Crippen molar-refractivity contribution in [3.05, 3.63) is 245 Å². The number of benzene rings is 4. The molecule has 0 amide bonds. The zero-order valence-electron chi connectivity index (χ0n) is 30.3. The number of nitrogens with zero attached hydrogens (tertiary/aromatic N) is 1. The first-order valence-electron chi connectivity index (χ1n) is 19.5. The van der Waals surface area contributed by atoms with Gasteiger partial charge in [0, 0.05) is 40.7 Å². The predicted octanol–water partition coefficient (Wildman–Crippen LogP) is 12.9. The van der Waals surface area contributed by atoms with E-state index >= 15 is 0 Å². The normalized spacial score (nSPS) is 25.8. The van der Waals surface area contributed by atoms with Gasteiger partial charge in [-0.05, 0) is 110 Å². The molecule has 0 saturated heterocycles. The van der Waals surface area contributed by atoms with Crippen LogP contribution >= 0.6 is 0 Å². The van der Waals surface area contributed by atoms with Gasteiger partial charge in [-0.1, -0.05) is 158 Å². The Labute approximate surface area is 318 Å². The van der Waals surface area contributed by atoms with E-state index in [9.17, 15) is 0 Å². The number of anilines is 2. The second-order valence-corrected chi connectivity index (χ2v) is 15.5. The maximum Gasteiger partial charge on any atom is 0.0538 e. The molecular formula is C53H41N. The van der Waals surface area contributed by atoms with Crippen molar-refractivity contribution in [1.29, 1.82) is 0 Å². The zero-order chi connectivity index (χ0) is 35.8. The van der Waals surface area contributed by atoms with Crippen LogP contribution in [0.25, 0.3) is 16.7 Å². The zero-order valence-corrected chi connectivity index (χ0v) is 30.3. The first-order chi connectivity index (χ1) is 26.7. The third-order valence-corrected chi connectivity index (χ3v) is 12.9. The summed E-state index contributed by atoms with van der Waals surface area (Å²) in [5, 5.41) is 0. The van der Waals surface area contributed by atoms with Crippen LogP contribution in [0.1, 0.15) is 46.6 Å². The molecule has 0 aliphatic heterocycles. The van der Waals surface area contributed by atoms with Crippen molar-refractivity contribution in [2.24, 2.45) is 17.8 Å². The van der Waals surface area contributed by atoms with Gasteiger partial charge in [-0.3, -0.25) is 0 Å². The van der Waals surface area contributed by atoms with Crippen LogP contribution in [0.15, 0.2) is 217 Å². The molecule has 258 valence electrons. The summed E-state index contributed by atoms with van der Waals surface area (Å²) in [6, 6.07) is 34.7. The van der Waals surface area contributed by atoms with Crippen LogP contribution in [0.3, 0.4) is 0 Å². The van der Waals surface area contributed by atoms with E-state index in [1.165, 1.54) is 72.7 Å². The highest BCUT2D eigenvalue weighted by Gasteiger charge is 2.57. The molecule has 0 radical (unpaired) electrons. The molecule has 0 aromatic heterocycles. The summed E-state index contributed by atoms with van der Waals surface area (Å²) in [4.78, 5) is 2.49. The molecule has 11 rings (SSSR count). The Kier molecular flexibility index (Phi) is 7.07. The van der Waals surface area contributed by atoms with Crippen molar-refractivity contribution >= 4 is 16.9 Å². The van der Waals surface area contributed by atoms with Crippen molar-refractivity contribution in [3.63, 3.8) is 0 Å². The second kappa shape index (κ2) is 12.2. The topological polar surface area (TPSA) is 3.24 Å². The molecule has 5 atom stereocenters. The monoisotopic (exact) mass is 691 g/mol. The number of hydrogen-bond acceptors (Lipinski definition) is 1.